The number of amides is 1. The van der Waals surface area contributed by atoms with Crippen LogP contribution in [0.4, 0.5) is 20.4 Å². The van der Waals surface area contributed by atoms with Crippen LogP contribution >= 0.6 is 0 Å². The van der Waals surface area contributed by atoms with Crippen molar-refractivity contribution in [2.75, 3.05) is 4.90 Å². The molecule has 0 fully saturated rings. The van der Waals surface area contributed by atoms with E-state index in [1.54, 1.807) is 67.0 Å². The predicted octanol–water partition coefficient (Wildman–Crippen LogP) is 5.98. The summed E-state index contributed by atoms with van der Waals surface area (Å²) in [5, 5.41) is 0. The van der Waals surface area contributed by atoms with Crippen LogP contribution in [-0.2, 0) is 4.79 Å². The number of rotatable bonds is 7. The lowest BCUT2D eigenvalue weighted by Gasteiger charge is -2.22. The molecule has 1 amide bonds. The molecule has 2 aromatic heterocycles. The van der Waals surface area contributed by atoms with Gasteiger partial charge < -0.3 is 4.74 Å². The molecule has 0 saturated carbocycles. The third-order valence-electron chi connectivity index (χ3n) is 4.69. The molecule has 0 aliphatic rings. The molecule has 4 aromatic rings. The van der Waals surface area contributed by atoms with Gasteiger partial charge in [-0.3, -0.25) is 4.79 Å². The van der Waals surface area contributed by atoms with Gasteiger partial charge >= 0.3 is 6.61 Å². The van der Waals surface area contributed by atoms with Crippen molar-refractivity contribution in [3.05, 3.63) is 115 Å². The number of halogens is 2. The summed E-state index contributed by atoms with van der Waals surface area (Å²) in [4.78, 5) is 24.1. The number of carbonyl (C=O) groups excluding carboxylic acids is 1. The minimum Gasteiger partial charge on any atom is -0.435 e. The second-order valence-corrected chi connectivity index (χ2v) is 6.89. The number of hydrogen-bond donors (Lipinski definition) is 0. The standard InChI is InChI=1S/C26H19F2N3O2/c27-26(28)33-21-14-12-19(13-15-21)18-22(20-8-2-1-3-9-20)25(32)31(23-10-4-6-16-29-23)24-11-5-7-17-30-24/h1-18,26H. The molecule has 33 heavy (non-hydrogen) atoms. The van der Waals surface area contributed by atoms with Crippen LogP contribution in [0.1, 0.15) is 11.1 Å². The molecule has 0 bridgehead atoms. The fourth-order valence-corrected chi connectivity index (χ4v) is 3.22. The molecule has 0 atom stereocenters. The molecule has 0 unspecified atom stereocenters. The lowest BCUT2D eigenvalue weighted by Crippen LogP contribution is -2.28. The maximum absolute atomic E-state index is 13.9. The second-order valence-electron chi connectivity index (χ2n) is 6.89. The third-order valence-corrected chi connectivity index (χ3v) is 4.69. The molecule has 0 radical (unpaired) electrons. The van der Waals surface area contributed by atoms with Crippen molar-refractivity contribution in [3.63, 3.8) is 0 Å². The molecular formula is C26H19F2N3O2. The van der Waals surface area contributed by atoms with Gasteiger partial charge in [-0.2, -0.15) is 8.78 Å². The maximum Gasteiger partial charge on any atom is 0.387 e. The SMILES string of the molecule is O=C(C(=Cc1ccc(OC(F)F)cc1)c1ccccc1)N(c1ccccn1)c1ccccn1. The number of benzene rings is 2. The Morgan fingerprint density at radius 3 is 1.88 bits per heavy atom. The topological polar surface area (TPSA) is 55.3 Å². The smallest absolute Gasteiger partial charge is 0.387 e. The van der Waals surface area contributed by atoms with E-state index in [-0.39, 0.29) is 11.7 Å². The Labute approximate surface area is 189 Å². The van der Waals surface area contributed by atoms with E-state index < -0.39 is 6.61 Å². The van der Waals surface area contributed by atoms with Gasteiger partial charge in [0.25, 0.3) is 5.91 Å². The number of anilines is 2. The Hall–Kier alpha value is -4.39. The summed E-state index contributed by atoms with van der Waals surface area (Å²) in [5.41, 5.74) is 1.72. The van der Waals surface area contributed by atoms with Gasteiger partial charge in [0, 0.05) is 18.0 Å². The van der Waals surface area contributed by atoms with Crippen LogP contribution in [0.15, 0.2) is 103 Å². The quantitative estimate of drug-likeness (QED) is 0.260. The molecule has 0 N–H and O–H groups in total. The average Bonchev–Trinajstić information content (AvgIpc) is 2.85. The van der Waals surface area contributed by atoms with Crippen LogP contribution in [0.5, 0.6) is 5.75 Å². The largest absolute Gasteiger partial charge is 0.435 e. The molecule has 2 heterocycles. The van der Waals surface area contributed by atoms with Gasteiger partial charge in [0.05, 0.1) is 0 Å². The van der Waals surface area contributed by atoms with Gasteiger partial charge in [0.1, 0.15) is 17.4 Å². The summed E-state index contributed by atoms with van der Waals surface area (Å²) < 4.78 is 29.4. The zero-order chi connectivity index (χ0) is 23.0. The number of carbonyl (C=O) groups is 1. The Morgan fingerprint density at radius 2 is 1.36 bits per heavy atom. The lowest BCUT2D eigenvalue weighted by molar-refractivity contribution is -0.112. The molecular weight excluding hydrogens is 424 g/mol. The molecule has 0 aliphatic carbocycles. The van der Waals surface area contributed by atoms with E-state index in [0.717, 1.165) is 0 Å². The molecule has 0 saturated heterocycles. The average molecular weight is 443 g/mol. The van der Waals surface area contributed by atoms with Crippen molar-refractivity contribution in [3.8, 4) is 5.75 Å². The van der Waals surface area contributed by atoms with Crippen molar-refractivity contribution >= 4 is 29.2 Å². The maximum atomic E-state index is 13.9. The van der Waals surface area contributed by atoms with Crippen LogP contribution in [0, 0.1) is 0 Å². The van der Waals surface area contributed by atoms with Crippen LogP contribution in [0.3, 0.4) is 0 Å². The van der Waals surface area contributed by atoms with Gasteiger partial charge in [-0.05, 0) is 53.6 Å². The van der Waals surface area contributed by atoms with E-state index in [9.17, 15) is 13.6 Å². The van der Waals surface area contributed by atoms with Crippen molar-refractivity contribution in [2.24, 2.45) is 0 Å². The van der Waals surface area contributed by atoms with E-state index in [2.05, 4.69) is 14.7 Å². The van der Waals surface area contributed by atoms with E-state index in [4.69, 9.17) is 0 Å². The van der Waals surface area contributed by atoms with Crippen LogP contribution in [-0.4, -0.2) is 22.5 Å². The number of pyridine rings is 2. The summed E-state index contributed by atoms with van der Waals surface area (Å²) in [6.07, 6.45) is 4.90. The fraction of sp³-hybridized carbons (Fsp3) is 0.0385. The zero-order valence-electron chi connectivity index (χ0n) is 17.4. The van der Waals surface area contributed by atoms with Crippen LogP contribution in [0.25, 0.3) is 11.6 Å². The summed E-state index contributed by atoms with van der Waals surface area (Å²) in [7, 11) is 0. The van der Waals surface area contributed by atoms with E-state index in [0.29, 0.717) is 28.3 Å². The van der Waals surface area contributed by atoms with Gasteiger partial charge in [-0.25, -0.2) is 14.9 Å². The van der Waals surface area contributed by atoms with Crippen molar-refractivity contribution < 1.29 is 18.3 Å². The van der Waals surface area contributed by atoms with Gasteiger partial charge in [0.15, 0.2) is 0 Å². The molecule has 164 valence electrons. The van der Waals surface area contributed by atoms with E-state index >= 15 is 0 Å². The molecule has 5 nitrogen and oxygen atoms in total. The number of ether oxygens (including phenoxy) is 1. The third kappa shape index (κ3) is 5.46. The minimum absolute atomic E-state index is 0.0401. The Balaban J connectivity index is 1.79. The normalized spacial score (nSPS) is 11.3. The lowest BCUT2D eigenvalue weighted by atomic mass is 10.0. The molecule has 2 aromatic carbocycles. The first-order valence-corrected chi connectivity index (χ1v) is 10.1. The van der Waals surface area contributed by atoms with Crippen molar-refractivity contribution in [2.45, 2.75) is 6.61 Å². The first-order chi connectivity index (χ1) is 16.1. The summed E-state index contributed by atoms with van der Waals surface area (Å²) in [5.74, 6) is 0.539. The van der Waals surface area contributed by atoms with Gasteiger partial charge in [-0.15, -0.1) is 0 Å². The molecule has 7 heteroatoms. The summed E-state index contributed by atoms with van der Waals surface area (Å²) >= 11 is 0. The highest BCUT2D eigenvalue weighted by atomic mass is 19.3. The molecule has 4 rings (SSSR count). The number of nitrogens with zero attached hydrogens (tertiary/aromatic N) is 3. The number of hydrogen-bond acceptors (Lipinski definition) is 4. The summed E-state index contributed by atoms with van der Waals surface area (Å²) in [6, 6.07) is 25.8. The minimum atomic E-state index is -2.90. The Kier molecular flexibility index (Phi) is 6.80. The van der Waals surface area contributed by atoms with E-state index in [1.807, 2.05) is 30.3 Å². The summed E-state index contributed by atoms with van der Waals surface area (Å²) in [6.45, 7) is -2.90. The zero-order valence-corrected chi connectivity index (χ0v) is 17.4. The highest BCUT2D eigenvalue weighted by molar-refractivity contribution is 6.31. The van der Waals surface area contributed by atoms with Crippen molar-refractivity contribution in [1.29, 1.82) is 0 Å². The van der Waals surface area contributed by atoms with E-state index in [1.165, 1.54) is 17.0 Å². The number of aromatic nitrogens is 2. The highest BCUT2D eigenvalue weighted by Gasteiger charge is 2.24. The highest BCUT2D eigenvalue weighted by Crippen LogP contribution is 2.29. The Morgan fingerprint density at radius 1 is 0.788 bits per heavy atom. The second kappa shape index (κ2) is 10.3. The first-order valence-electron chi connectivity index (χ1n) is 10.1. The Bertz CT molecular complexity index is 1180. The molecule has 0 spiro atoms. The van der Waals surface area contributed by atoms with Crippen molar-refractivity contribution in [1.82, 2.24) is 9.97 Å². The van der Waals surface area contributed by atoms with Crippen LogP contribution in [0.2, 0.25) is 0 Å². The monoisotopic (exact) mass is 443 g/mol. The van der Waals surface area contributed by atoms with Crippen LogP contribution < -0.4 is 9.64 Å². The number of alkyl halides is 2. The van der Waals surface area contributed by atoms with Gasteiger partial charge in [-0.1, -0.05) is 54.6 Å². The predicted molar refractivity (Wildman–Crippen MR) is 123 cm³/mol. The first kappa shape index (κ1) is 21.8. The molecule has 0 aliphatic heterocycles. The fourth-order valence-electron chi connectivity index (χ4n) is 3.22. The van der Waals surface area contributed by atoms with Gasteiger partial charge in [0.2, 0.25) is 0 Å².